The zero-order valence-electron chi connectivity index (χ0n) is 12.3. The van der Waals surface area contributed by atoms with Crippen molar-refractivity contribution < 1.29 is 4.79 Å². The van der Waals surface area contributed by atoms with Crippen molar-refractivity contribution in [1.29, 1.82) is 0 Å². The molecule has 0 saturated heterocycles. The maximum Gasteiger partial charge on any atom is 0.163 e. The highest BCUT2D eigenvalue weighted by Gasteiger charge is 2.44. The van der Waals surface area contributed by atoms with E-state index in [0.717, 1.165) is 23.8 Å². The largest absolute Gasteiger partial charge is 0.294 e. The van der Waals surface area contributed by atoms with Gasteiger partial charge in [0.2, 0.25) is 0 Å². The first kappa shape index (κ1) is 12.0. The van der Waals surface area contributed by atoms with Gasteiger partial charge in [-0.15, -0.1) is 0 Å². The number of carbonyl (C=O) groups is 1. The number of hydrogen-bond donors (Lipinski definition) is 0. The second kappa shape index (κ2) is 4.19. The third-order valence-electron chi connectivity index (χ3n) is 6.23. The average Bonchev–Trinajstić information content (AvgIpc) is 2.86. The van der Waals surface area contributed by atoms with Crippen molar-refractivity contribution in [3.63, 3.8) is 0 Å². The molecule has 0 aliphatic heterocycles. The Kier molecular flexibility index (Phi) is 2.39. The molecule has 3 aliphatic carbocycles. The van der Waals surface area contributed by atoms with Gasteiger partial charge in [0.05, 0.1) is 0 Å². The lowest BCUT2D eigenvalue weighted by Gasteiger charge is -2.41. The normalized spacial score (nSPS) is 30.3. The number of ketones is 1. The fourth-order valence-corrected chi connectivity index (χ4v) is 5.37. The van der Waals surface area contributed by atoms with Crippen molar-refractivity contribution in [2.24, 2.45) is 11.8 Å². The maximum atomic E-state index is 12.5. The Labute approximate surface area is 125 Å². The molecule has 0 heterocycles. The molecule has 0 N–H and O–H groups in total. The van der Waals surface area contributed by atoms with Gasteiger partial charge in [-0.05, 0) is 65.0 Å². The predicted octanol–water partition coefficient (Wildman–Crippen LogP) is 4.87. The van der Waals surface area contributed by atoms with Crippen LogP contribution in [0.4, 0.5) is 0 Å². The van der Waals surface area contributed by atoms with E-state index in [0.29, 0.717) is 11.7 Å². The van der Waals surface area contributed by atoms with Crippen LogP contribution in [0.5, 0.6) is 0 Å². The topological polar surface area (TPSA) is 17.1 Å². The molecule has 3 unspecified atom stereocenters. The summed E-state index contributed by atoms with van der Waals surface area (Å²) in [7, 11) is 0. The van der Waals surface area contributed by atoms with E-state index in [-0.39, 0.29) is 0 Å². The van der Waals surface area contributed by atoms with Crippen LogP contribution < -0.4 is 0 Å². The van der Waals surface area contributed by atoms with E-state index in [1.165, 1.54) is 54.0 Å². The summed E-state index contributed by atoms with van der Waals surface area (Å²) in [6, 6.07) is 10.8. The van der Waals surface area contributed by atoms with E-state index in [1.54, 1.807) is 0 Å². The molecule has 2 aromatic carbocycles. The highest BCUT2D eigenvalue weighted by atomic mass is 16.1. The van der Waals surface area contributed by atoms with Gasteiger partial charge in [0.1, 0.15) is 0 Å². The summed E-state index contributed by atoms with van der Waals surface area (Å²) in [6.07, 6.45) is 7.44. The van der Waals surface area contributed by atoms with Gasteiger partial charge in [0.25, 0.3) is 0 Å². The van der Waals surface area contributed by atoms with E-state index in [2.05, 4.69) is 30.3 Å². The van der Waals surface area contributed by atoms with Crippen molar-refractivity contribution in [1.82, 2.24) is 0 Å². The zero-order chi connectivity index (χ0) is 14.0. The van der Waals surface area contributed by atoms with Gasteiger partial charge in [-0.25, -0.2) is 0 Å². The van der Waals surface area contributed by atoms with E-state index < -0.39 is 0 Å². The van der Waals surface area contributed by atoms with Crippen LogP contribution in [0, 0.1) is 11.8 Å². The van der Waals surface area contributed by atoms with Gasteiger partial charge < -0.3 is 0 Å². The molecular formula is C20H20O. The van der Waals surface area contributed by atoms with E-state index in [9.17, 15) is 4.79 Å². The number of benzene rings is 2. The van der Waals surface area contributed by atoms with Gasteiger partial charge in [0, 0.05) is 12.0 Å². The molecular weight excluding hydrogens is 256 g/mol. The summed E-state index contributed by atoms with van der Waals surface area (Å²) in [5.41, 5.74) is 4.02. The minimum absolute atomic E-state index is 0.397. The molecule has 106 valence electrons. The van der Waals surface area contributed by atoms with Crippen LogP contribution in [-0.2, 0) is 6.42 Å². The SMILES string of the molecule is O=C1CC2c3c1cc1ccccc1c3CC1CCCCC12. The first-order valence-electron chi connectivity index (χ1n) is 8.40. The van der Waals surface area contributed by atoms with Gasteiger partial charge in [-0.2, -0.15) is 0 Å². The monoisotopic (exact) mass is 276 g/mol. The summed E-state index contributed by atoms with van der Waals surface area (Å²) >= 11 is 0. The van der Waals surface area contributed by atoms with Crippen molar-refractivity contribution in [2.75, 3.05) is 0 Å². The fourth-order valence-electron chi connectivity index (χ4n) is 5.37. The first-order chi connectivity index (χ1) is 10.3. The summed E-state index contributed by atoms with van der Waals surface area (Å²) in [5, 5.41) is 2.66. The van der Waals surface area contributed by atoms with Crippen LogP contribution in [0.2, 0.25) is 0 Å². The third kappa shape index (κ3) is 1.55. The number of fused-ring (bicyclic) bond motifs is 4. The standard InChI is InChI=1S/C20H20O/c21-19-11-17-15-8-4-1-5-12(15)9-16-14-7-3-2-6-13(14)10-18(19)20(16)17/h2-3,6-7,10,12,15,17H,1,4-5,8-9,11H2. The predicted molar refractivity (Wildman–Crippen MR) is 84.8 cm³/mol. The van der Waals surface area contributed by atoms with Crippen molar-refractivity contribution >= 4 is 16.6 Å². The van der Waals surface area contributed by atoms with Crippen LogP contribution in [0.1, 0.15) is 59.5 Å². The maximum absolute atomic E-state index is 12.5. The molecule has 1 nitrogen and oxygen atoms in total. The van der Waals surface area contributed by atoms with Gasteiger partial charge >= 0.3 is 0 Å². The molecule has 1 saturated carbocycles. The smallest absolute Gasteiger partial charge is 0.163 e. The molecule has 5 rings (SSSR count). The highest BCUT2D eigenvalue weighted by molar-refractivity contribution is 6.06. The fraction of sp³-hybridized carbons (Fsp3) is 0.450. The minimum Gasteiger partial charge on any atom is -0.294 e. The van der Waals surface area contributed by atoms with Crippen LogP contribution in [-0.4, -0.2) is 5.78 Å². The second-order valence-corrected chi connectivity index (χ2v) is 7.18. The summed E-state index contributed by atoms with van der Waals surface area (Å²) in [6.45, 7) is 0. The van der Waals surface area contributed by atoms with E-state index in [1.807, 2.05) is 0 Å². The van der Waals surface area contributed by atoms with Gasteiger partial charge in [0.15, 0.2) is 5.78 Å². The summed E-state index contributed by atoms with van der Waals surface area (Å²) < 4.78 is 0. The van der Waals surface area contributed by atoms with Crippen molar-refractivity contribution in [2.45, 2.75) is 44.4 Å². The first-order valence-corrected chi connectivity index (χ1v) is 8.40. The van der Waals surface area contributed by atoms with Crippen LogP contribution in [0.25, 0.3) is 10.8 Å². The lowest BCUT2D eigenvalue weighted by Crippen LogP contribution is -2.31. The van der Waals surface area contributed by atoms with E-state index >= 15 is 0 Å². The molecule has 1 fully saturated rings. The summed E-state index contributed by atoms with van der Waals surface area (Å²) in [4.78, 5) is 12.5. The molecule has 0 aromatic heterocycles. The molecule has 0 bridgehead atoms. The van der Waals surface area contributed by atoms with Crippen molar-refractivity contribution in [3.8, 4) is 0 Å². The average molecular weight is 276 g/mol. The van der Waals surface area contributed by atoms with Gasteiger partial charge in [-0.1, -0.05) is 37.1 Å². The quantitative estimate of drug-likeness (QED) is 0.670. The molecule has 0 amide bonds. The Morgan fingerprint density at radius 2 is 1.86 bits per heavy atom. The molecule has 0 spiro atoms. The molecule has 3 atom stereocenters. The van der Waals surface area contributed by atoms with E-state index in [4.69, 9.17) is 0 Å². The number of hydrogen-bond acceptors (Lipinski definition) is 1. The molecule has 0 radical (unpaired) electrons. The number of Topliss-reactive ketones (excluding diaryl/α,β-unsaturated/α-hetero) is 1. The van der Waals surface area contributed by atoms with Crippen LogP contribution >= 0.6 is 0 Å². The van der Waals surface area contributed by atoms with Crippen molar-refractivity contribution in [3.05, 3.63) is 47.0 Å². The minimum atomic E-state index is 0.397. The Morgan fingerprint density at radius 1 is 1.00 bits per heavy atom. The highest BCUT2D eigenvalue weighted by Crippen LogP contribution is 2.53. The number of carbonyl (C=O) groups excluding carboxylic acids is 1. The molecule has 2 aromatic rings. The Hall–Kier alpha value is -1.63. The van der Waals surface area contributed by atoms with Gasteiger partial charge in [-0.3, -0.25) is 4.79 Å². The Balaban J connectivity index is 1.81. The number of rotatable bonds is 0. The van der Waals surface area contributed by atoms with Crippen LogP contribution in [0.3, 0.4) is 0 Å². The Morgan fingerprint density at radius 3 is 2.81 bits per heavy atom. The van der Waals surface area contributed by atoms with Crippen LogP contribution in [0.15, 0.2) is 30.3 Å². The zero-order valence-corrected chi connectivity index (χ0v) is 12.3. The molecule has 3 aliphatic rings. The summed E-state index contributed by atoms with van der Waals surface area (Å²) in [5.74, 6) is 2.53. The molecule has 1 heteroatoms. The lowest BCUT2D eigenvalue weighted by atomic mass is 9.63. The third-order valence-corrected chi connectivity index (χ3v) is 6.23. The molecule has 21 heavy (non-hydrogen) atoms. The Bertz CT molecular complexity index is 758. The lowest BCUT2D eigenvalue weighted by molar-refractivity contribution is 0.0966. The second-order valence-electron chi connectivity index (χ2n) is 7.18.